The van der Waals surface area contributed by atoms with Crippen LogP contribution >= 0.6 is 0 Å². The van der Waals surface area contributed by atoms with Crippen LogP contribution in [0.1, 0.15) is 34.6 Å². The molecule has 0 aliphatic carbocycles. The van der Waals surface area contributed by atoms with E-state index in [4.69, 9.17) is 9.47 Å². The summed E-state index contributed by atoms with van der Waals surface area (Å²) in [5, 5.41) is 2.64. The topological polar surface area (TPSA) is 102 Å². The average Bonchev–Trinajstić information content (AvgIpc) is 2.74. The Hall–Kier alpha value is -2.91. The van der Waals surface area contributed by atoms with E-state index in [9.17, 15) is 18.0 Å². The molecule has 1 N–H and O–H groups in total. The highest BCUT2D eigenvalue weighted by Crippen LogP contribution is 2.24. The summed E-state index contributed by atoms with van der Waals surface area (Å²) >= 11 is 0. The number of nitrogens with one attached hydrogen (secondary N) is 1. The Kier molecular flexibility index (Phi) is 7.35. The molecule has 0 radical (unpaired) electrons. The van der Waals surface area contributed by atoms with E-state index in [1.165, 1.54) is 54.9 Å². The number of benzene rings is 2. The molecule has 0 unspecified atom stereocenters. The lowest BCUT2D eigenvalue weighted by Gasteiger charge is -2.18. The van der Waals surface area contributed by atoms with Crippen molar-refractivity contribution in [1.29, 1.82) is 0 Å². The first-order chi connectivity index (χ1) is 13.8. The van der Waals surface area contributed by atoms with Gasteiger partial charge in [0.25, 0.3) is 5.91 Å². The molecule has 0 bridgehead atoms. The predicted octanol–water partition coefficient (Wildman–Crippen LogP) is 2.76. The fraction of sp³-hybridized carbons (Fsp3) is 0.300. The first-order valence-electron chi connectivity index (χ1n) is 8.96. The number of hydrogen-bond donors (Lipinski definition) is 1. The lowest BCUT2D eigenvalue weighted by molar-refractivity contribution is 0.0601. The third-order valence-electron chi connectivity index (χ3n) is 4.34. The third-order valence-corrected chi connectivity index (χ3v) is 6.40. The van der Waals surface area contributed by atoms with Gasteiger partial charge in [0.05, 0.1) is 30.4 Å². The highest BCUT2D eigenvalue weighted by atomic mass is 32.2. The van der Waals surface area contributed by atoms with Crippen LogP contribution in [-0.2, 0) is 14.8 Å². The summed E-state index contributed by atoms with van der Waals surface area (Å²) in [7, 11) is -0.906. The van der Waals surface area contributed by atoms with E-state index in [-0.39, 0.29) is 21.7 Å². The number of carbonyl (C=O) groups excluding carboxylic acids is 2. The molecule has 9 heteroatoms. The second-order valence-electron chi connectivity index (χ2n) is 5.97. The lowest BCUT2D eigenvalue weighted by Crippen LogP contribution is -2.30. The fourth-order valence-electron chi connectivity index (χ4n) is 2.72. The summed E-state index contributed by atoms with van der Waals surface area (Å²) in [5.74, 6) is -0.679. The van der Waals surface area contributed by atoms with Gasteiger partial charge in [-0.3, -0.25) is 4.79 Å². The van der Waals surface area contributed by atoms with Crippen LogP contribution in [0, 0.1) is 0 Å². The van der Waals surface area contributed by atoms with E-state index >= 15 is 0 Å². The summed E-state index contributed by atoms with van der Waals surface area (Å²) in [5.41, 5.74) is 0.638. The molecule has 2 aromatic rings. The molecular weight excluding hydrogens is 396 g/mol. The lowest BCUT2D eigenvalue weighted by atomic mass is 10.1. The van der Waals surface area contributed by atoms with Crippen molar-refractivity contribution in [2.24, 2.45) is 0 Å². The SMILES string of the molecule is CCN(CC)S(=O)(=O)c1ccc(C(=O)Nc2ccc(OC)cc2C(=O)OC)cc1. The molecule has 2 aromatic carbocycles. The van der Waals surface area contributed by atoms with Crippen LogP contribution in [0.5, 0.6) is 5.75 Å². The van der Waals surface area contributed by atoms with Crippen molar-refractivity contribution in [2.75, 3.05) is 32.6 Å². The number of amides is 1. The molecule has 0 heterocycles. The molecule has 0 fully saturated rings. The van der Waals surface area contributed by atoms with Gasteiger partial charge in [-0.15, -0.1) is 0 Å². The van der Waals surface area contributed by atoms with Gasteiger partial charge in [-0.1, -0.05) is 13.8 Å². The molecule has 0 atom stereocenters. The Morgan fingerprint density at radius 3 is 2.14 bits per heavy atom. The largest absolute Gasteiger partial charge is 0.497 e. The number of sulfonamides is 1. The van der Waals surface area contributed by atoms with E-state index in [1.54, 1.807) is 19.9 Å². The van der Waals surface area contributed by atoms with Crippen molar-refractivity contribution in [2.45, 2.75) is 18.7 Å². The van der Waals surface area contributed by atoms with Crippen molar-refractivity contribution in [1.82, 2.24) is 4.31 Å². The molecular formula is C20H24N2O6S. The van der Waals surface area contributed by atoms with Crippen molar-refractivity contribution in [3.8, 4) is 5.75 Å². The van der Waals surface area contributed by atoms with Crippen LogP contribution in [0.3, 0.4) is 0 Å². The summed E-state index contributed by atoms with van der Waals surface area (Å²) in [6.07, 6.45) is 0. The van der Waals surface area contributed by atoms with Crippen molar-refractivity contribution in [3.63, 3.8) is 0 Å². The van der Waals surface area contributed by atoms with Crippen LogP contribution in [-0.4, -0.2) is 51.9 Å². The predicted molar refractivity (Wildman–Crippen MR) is 109 cm³/mol. The molecule has 0 spiro atoms. The average molecular weight is 420 g/mol. The van der Waals surface area contributed by atoms with Crippen molar-refractivity contribution in [3.05, 3.63) is 53.6 Å². The maximum atomic E-state index is 12.6. The Morgan fingerprint density at radius 2 is 1.62 bits per heavy atom. The van der Waals surface area contributed by atoms with Crippen LogP contribution < -0.4 is 10.1 Å². The number of methoxy groups -OCH3 is 2. The van der Waals surface area contributed by atoms with E-state index < -0.39 is 21.9 Å². The monoisotopic (exact) mass is 420 g/mol. The van der Waals surface area contributed by atoms with E-state index in [2.05, 4.69) is 5.32 Å². The number of rotatable bonds is 8. The second-order valence-corrected chi connectivity index (χ2v) is 7.91. The summed E-state index contributed by atoms with van der Waals surface area (Å²) in [6, 6.07) is 10.2. The zero-order chi connectivity index (χ0) is 21.6. The maximum absolute atomic E-state index is 12.6. The number of anilines is 1. The minimum atomic E-state index is -3.61. The smallest absolute Gasteiger partial charge is 0.340 e. The van der Waals surface area contributed by atoms with Crippen LogP contribution in [0.15, 0.2) is 47.4 Å². The molecule has 29 heavy (non-hydrogen) atoms. The maximum Gasteiger partial charge on any atom is 0.340 e. The Morgan fingerprint density at radius 1 is 1.00 bits per heavy atom. The van der Waals surface area contributed by atoms with Crippen LogP contribution in [0.2, 0.25) is 0 Å². The normalized spacial score (nSPS) is 11.2. The fourth-order valence-corrected chi connectivity index (χ4v) is 4.18. The summed E-state index contributed by atoms with van der Waals surface area (Å²) in [4.78, 5) is 24.7. The first-order valence-corrected chi connectivity index (χ1v) is 10.4. The minimum Gasteiger partial charge on any atom is -0.497 e. The number of ether oxygens (including phenoxy) is 2. The Balaban J connectivity index is 2.28. The van der Waals surface area contributed by atoms with Gasteiger partial charge >= 0.3 is 5.97 Å². The zero-order valence-electron chi connectivity index (χ0n) is 16.8. The van der Waals surface area contributed by atoms with Gasteiger partial charge in [-0.05, 0) is 42.5 Å². The van der Waals surface area contributed by atoms with Crippen molar-refractivity contribution < 1.29 is 27.5 Å². The van der Waals surface area contributed by atoms with E-state index in [0.29, 0.717) is 18.8 Å². The van der Waals surface area contributed by atoms with Crippen molar-refractivity contribution >= 4 is 27.6 Å². The van der Waals surface area contributed by atoms with E-state index in [0.717, 1.165) is 0 Å². The second kappa shape index (κ2) is 9.53. The molecule has 0 saturated carbocycles. The standard InChI is InChI=1S/C20H24N2O6S/c1-5-22(6-2)29(25,26)16-10-7-14(8-11-16)19(23)21-18-12-9-15(27-3)13-17(18)20(24)28-4/h7-13H,5-6H2,1-4H3,(H,21,23). The highest BCUT2D eigenvalue weighted by Gasteiger charge is 2.22. The quantitative estimate of drug-likeness (QED) is 0.659. The minimum absolute atomic E-state index is 0.109. The molecule has 1 amide bonds. The summed E-state index contributed by atoms with van der Waals surface area (Å²) in [6.45, 7) is 4.23. The van der Waals surface area contributed by atoms with Crippen LogP contribution in [0.4, 0.5) is 5.69 Å². The molecule has 0 aliphatic rings. The molecule has 2 rings (SSSR count). The Bertz CT molecular complexity index is 983. The van der Waals surface area contributed by atoms with Gasteiger partial charge in [-0.2, -0.15) is 4.31 Å². The first kappa shape index (κ1) is 22.4. The number of carbonyl (C=O) groups is 2. The number of esters is 1. The molecule has 0 aromatic heterocycles. The van der Waals surface area contributed by atoms with E-state index in [1.807, 2.05) is 0 Å². The van der Waals surface area contributed by atoms with Gasteiger partial charge in [0.2, 0.25) is 10.0 Å². The van der Waals surface area contributed by atoms with Gasteiger partial charge in [0, 0.05) is 18.7 Å². The highest BCUT2D eigenvalue weighted by molar-refractivity contribution is 7.89. The van der Waals surface area contributed by atoms with Gasteiger partial charge in [-0.25, -0.2) is 13.2 Å². The zero-order valence-corrected chi connectivity index (χ0v) is 17.6. The molecule has 0 saturated heterocycles. The number of nitrogens with zero attached hydrogens (tertiary/aromatic N) is 1. The Labute approximate surface area is 170 Å². The number of hydrogen-bond acceptors (Lipinski definition) is 6. The third kappa shape index (κ3) is 4.93. The van der Waals surface area contributed by atoms with Gasteiger partial charge in [0.15, 0.2) is 0 Å². The van der Waals surface area contributed by atoms with Gasteiger partial charge < -0.3 is 14.8 Å². The molecule has 8 nitrogen and oxygen atoms in total. The van der Waals surface area contributed by atoms with Crippen LogP contribution in [0.25, 0.3) is 0 Å². The molecule has 156 valence electrons. The molecule has 0 aliphatic heterocycles. The summed E-state index contributed by atoms with van der Waals surface area (Å²) < 4.78 is 36.3. The van der Waals surface area contributed by atoms with Gasteiger partial charge in [0.1, 0.15) is 5.75 Å².